The summed E-state index contributed by atoms with van der Waals surface area (Å²) in [5.41, 5.74) is 0.306. The zero-order chi connectivity index (χ0) is 11.0. The lowest BCUT2D eigenvalue weighted by molar-refractivity contribution is 0.112. The van der Waals surface area contributed by atoms with Crippen LogP contribution in [0.3, 0.4) is 0 Å². The fourth-order valence-electron chi connectivity index (χ4n) is 1.49. The molecule has 0 unspecified atom stereocenters. The van der Waals surface area contributed by atoms with Gasteiger partial charge in [-0.2, -0.15) is 0 Å². The number of hydrogen-bond donors (Lipinski definition) is 1. The Kier molecular flexibility index (Phi) is 2.80. The second-order valence-corrected chi connectivity index (χ2v) is 4.78. The van der Waals surface area contributed by atoms with Crippen molar-refractivity contribution >= 4 is 48.9 Å². The smallest absolute Gasteiger partial charge is 0.154 e. The van der Waals surface area contributed by atoms with Gasteiger partial charge in [0, 0.05) is 4.47 Å². The van der Waals surface area contributed by atoms with Gasteiger partial charge in [0.2, 0.25) is 0 Å². The van der Waals surface area contributed by atoms with E-state index in [1.807, 2.05) is 12.1 Å². The summed E-state index contributed by atoms with van der Waals surface area (Å²) in [7, 11) is 0. The van der Waals surface area contributed by atoms with Gasteiger partial charge in [0.1, 0.15) is 5.75 Å². The van der Waals surface area contributed by atoms with Crippen LogP contribution in [-0.2, 0) is 0 Å². The van der Waals surface area contributed by atoms with Crippen molar-refractivity contribution in [3.63, 3.8) is 0 Å². The van der Waals surface area contributed by atoms with Gasteiger partial charge in [-0.3, -0.25) is 4.79 Å². The van der Waals surface area contributed by atoms with E-state index in [4.69, 9.17) is 0 Å². The van der Waals surface area contributed by atoms with Crippen LogP contribution in [-0.4, -0.2) is 11.4 Å². The number of aromatic hydroxyl groups is 1. The second-order valence-electron chi connectivity index (χ2n) is 3.07. The minimum atomic E-state index is -0.0180. The maximum atomic E-state index is 10.9. The summed E-state index contributed by atoms with van der Waals surface area (Å²) >= 11 is 6.61. The molecule has 76 valence electrons. The summed E-state index contributed by atoms with van der Waals surface area (Å²) in [6.07, 6.45) is 0.662. The Morgan fingerprint density at radius 1 is 1.13 bits per heavy atom. The van der Waals surface area contributed by atoms with E-state index >= 15 is 0 Å². The van der Waals surface area contributed by atoms with Crippen LogP contribution in [0.2, 0.25) is 0 Å². The van der Waals surface area contributed by atoms with Crippen LogP contribution in [0.15, 0.2) is 33.2 Å². The van der Waals surface area contributed by atoms with E-state index in [9.17, 15) is 9.90 Å². The quantitative estimate of drug-likeness (QED) is 0.806. The van der Waals surface area contributed by atoms with Gasteiger partial charge >= 0.3 is 0 Å². The van der Waals surface area contributed by atoms with Crippen molar-refractivity contribution in [3.8, 4) is 5.75 Å². The Bertz CT molecular complexity index is 550. The molecule has 2 rings (SSSR count). The summed E-state index contributed by atoms with van der Waals surface area (Å²) in [6.45, 7) is 0. The third-order valence-corrected chi connectivity index (χ3v) is 3.51. The molecule has 0 spiro atoms. The van der Waals surface area contributed by atoms with Gasteiger partial charge in [0.05, 0.1) is 10.0 Å². The molecule has 2 aromatic rings. The summed E-state index contributed by atoms with van der Waals surface area (Å²) in [4.78, 5) is 10.9. The van der Waals surface area contributed by atoms with Crippen LogP contribution >= 0.6 is 31.9 Å². The maximum absolute atomic E-state index is 10.9. The van der Waals surface area contributed by atoms with Crippen LogP contribution in [0.5, 0.6) is 5.75 Å². The minimum Gasteiger partial charge on any atom is -0.506 e. The Hall–Kier alpha value is -0.870. The van der Waals surface area contributed by atoms with Gasteiger partial charge in [0.15, 0.2) is 6.29 Å². The minimum absolute atomic E-state index is 0.0180. The number of fused-ring (bicyclic) bond motifs is 1. The first kappa shape index (κ1) is 10.6. The highest BCUT2D eigenvalue weighted by Crippen LogP contribution is 2.36. The number of carbonyl (C=O) groups is 1. The van der Waals surface area contributed by atoms with E-state index < -0.39 is 0 Å². The van der Waals surface area contributed by atoms with Crippen LogP contribution in [0.4, 0.5) is 0 Å². The Labute approximate surface area is 103 Å². The molecule has 1 N–H and O–H groups in total. The van der Waals surface area contributed by atoms with E-state index in [1.165, 1.54) is 0 Å². The number of hydrogen-bond acceptors (Lipinski definition) is 2. The molecule has 0 bridgehead atoms. The van der Waals surface area contributed by atoms with E-state index in [0.29, 0.717) is 16.3 Å². The van der Waals surface area contributed by atoms with Gasteiger partial charge in [-0.15, -0.1) is 0 Å². The molecule has 0 saturated carbocycles. The van der Waals surface area contributed by atoms with Crippen LogP contribution < -0.4 is 0 Å². The number of carbonyl (C=O) groups excluding carboxylic acids is 1. The highest BCUT2D eigenvalue weighted by Gasteiger charge is 2.11. The van der Waals surface area contributed by atoms with E-state index in [1.54, 1.807) is 12.1 Å². The molecule has 0 aliphatic heterocycles. The average Bonchev–Trinajstić information content (AvgIpc) is 2.22. The van der Waals surface area contributed by atoms with Crippen molar-refractivity contribution in [1.29, 1.82) is 0 Å². The number of aldehydes is 1. The molecule has 0 amide bonds. The first-order valence-corrected chi connectivity index (χ1v) is 5.78. The summed E-state index contributed by atoms with van der Waals surface area (Å²) in [5.74, 6) is -0.0180. The van der Waals surface area contributed by atoms with Gasteiger partial charge in [0.25, 0.3) is 0 Å². The fourth-order valence-corrected chi connectivity index (χ4v) is 2.41. The molecule has 0 aromatic heterocycles. The van der Waals surface area contributed by atoms with Crippen molar-refractivity contribution in [2.24, 2.45) is 0 Å². The first-order valence-electron chi connectivity index (χ1n) is 4.20. The van der Waals surface area contributed by atoms with Gasteiger partial charge in [-0.25, -0.2) is 0 Å². The highest BCUT2D eigenvalue weighted by atomic mass is 79.9. The van der Waals surface area contributed by atoms with Crippen molar-refractivity contribution in [1.82, 2.24) is 0 Å². The van der Waals surface area contributed by atoms with Crippen LogP contribution in [0, 0.1) is 0 Å². The van der Waals surface area contributed by atoms with Crippen molar-refractivity contribution in [3.05, 3.63) is 38.8 Å². The third kappa shape index (κ3) is 1.68. The molecule has 0 aliphatic rings. The molecular weight excluding hydrogens is 324 g/mol. The molecule has 0 saturated heterocycles. The number of phenols is 1. The van der Waals surface area contributed by atoms with E-state index in [2.05, 4.69) is 31.9 Å². The SMILES string of the molecule is O=Cc1c(O)c(Br)cc2c(Br)cccc12. The topological polar surface area (TPSA) is 37.3 Å². The van der Waals surface area contributed by atoms with Gasteiger partial charge < -0.3 is 5.11 Å². The molecule has 4 heteroatoms. The van der Waals surface area contributed by atoms with Crippen molar-refractivity contribution in [2.75, 3.05) is 0 Å². The van der Waals surface area contributed by atoms with Gasteiger partial charge in [-0.1, -0.05) is 28.1 Å². The summed E-state index contributed by atoms with van der Waals surface area (Å²) in [6, 6.07) is 7.30. The molecule has 0 fully saturated rings. The second kappa shape index (κ2) is 3.94. The zero-order valence-corrected chi connectivity index (χ0v) is 10.7. The molecule has 15 heavy (non-hydrogen) atoms. The predicted molar refractivity (Wildman–Crippen MR) is 66.4 cm³/mol. The normalized spacial score (nSPS) is 10.5. The molecule has 0 radical (unpaired) electrons. The molecule has 0 heterocycles. The maximum Gasteiger partial charge on any atom is 0.154 e. The lowest BCUT2D eigenvalue weighted by Crippen LogP contribution is -1.87. The number of rotatable bonds is 1. The predicted octanol–water partition coefficient (Wildman–Crippen LogP) is 3.88. The largest absolute Gasteiger partial charge is 0.506 e. The fraction of sp³-hybridized carbons (Fsp3) is 0. The van der Waals surface area contributed by atoms with E-state index in [-0.39, 0.29) is 5.75 Å². The Balaban J connectivity index is 3.00. The molecular formula is C11H6Br2O2. The van der Waals surface area contributed by atoms with Crippen molar-refractivity contribution < 1.29 is 9.90 Å². The average molecular weight is 330 g/mol. The van der Waals surface area contributed by atoms with Crippen LogP contribution in [0.1, 0.15) is 10.4 Å². The lowest BCUT2D eigenvalue weighted by Gasteiger charge is -2.07. The number of phenolic OH excluding ortho intramolecular Hbond substituents is 1. The number of halogens is 2. The van der Waals surface area contributed by atoms with Crippen LogP contribution in [0.25, 0.3) is 10.8 Å². The monoisotopic (exact) mass is 328 g/mol. The Morgan fingerprint density at radius 2 is 1.87 bits per heavy atom. The molecule has 2 aromatic carbocycles. The lowest BCUT2D eigenvalue weighted by atomic mass is 10.0. The Morgan fingerprint density at radius 3 is 2.53 bits per heavy atom. The molecule has 0 aliphatic carbocycles. The summed E-state index contributed by atoms with van der Waals surface area (Å²) < 4.78 is 1.41. The standard InChI is InChI=1S/C11H6Br2O2/c12-9-3-1-2-6-7(9)4-10(13)11(15)8(6)5-14/h1-5,15H. The first-order chi connectivity index (χ1) is 7.15. The van der Waals surface area contributed by atoms with Crippen molar-refractivity contribution in [2.45, 2.75) is 0 Å². The zero-order valence-electron chi connectivity index (χ0n) is 7.50. The number of benzene rings is 2. The molecule has 2 nitrogen and oxygen atoms in total. The molecule has 0 atom stereocenters. The summed E-state index contributed by atoms with van der Waals surface area (Å²) in [5, 5.41) is 11.3. The van der Waals surface area contributed by atoms with Gasteiger partial charge in [-0.05, 0) is 38.8 Å². The van der Waals surface area contributed by atoms with E-state index in [0.717, 1.165) is 15.2 Å². The highest BCUT2D eigenvalue weighted by molar-refractivity contribution is 9.11. The third-order valence-electron chi connectivity index (χ3n) is 2.21.